The Bertz CT molecular complexity index is 959. The van der Waals surface area contributed by atoms with E-state index in [-0.39, 0.29) is 11.5 Å². The lowest BCUT2D eigenvalue weighted by Gasteiger charge is -2.04. The van der Waals surface area contributed by atoms with Gasteiger partial charge < -0.3 is 10.3 Å². The minimum absolute atomic E-state index is 0.290. The zero-order valence-corrected chi connectivity index (χ0v) is 16.3. The van der Waals surface area contributed by atoms with Gasteiger partial charge in [-0.15, -0.1) is 0 Å². The van der Waals surface area contributed by atoms with Crippen molar-refractivity contribution in [1.29, 1.82) is 0 Å². The molecule has 1 aromatic carbocycles. The SMILES string of the molecule is O=C1NC(=S)SC1=Cc1cc(=O)[nH]c(SCc2ccc(Cl)c(Cl)c2)n1. The van der Waals surface area contributed by atoms with Crippen molar-refractivity contribution in [3.05, 3.63) is 60.8 Å². The van der Waals surface area contributed by atoms with Gasteiger partial charge in [-0.3, -0.25) is 9.59 Å². The van der Waals surface area contributed by atoms with E-state index in [0.29, 0.717) is 35.9 Å². The summed E-state index contributed by atoms with van der Waals surface area (Å²) in [7, 11) is 0. The van der Waals surface area contributed by atoms with Crippen LogP contribution in [0.3, 0.4) is 0 Å². The number of carbonyl (C=O) groups is 1. The first-order valence-electron chi connectivity index (χ1n) is 6.83. The number of H-pyrrole nitrogens is 1. The summed E-state index contributed by atoms with van der Waals surface area (Å²) in [6.07, 6.45) is 1.54. The number of halogens is 2. The Hall–Kier alpha value is -1.32. The van der Waals surface area contributed by atoms with E-state index in [1.807, 2.05) is 6.07 Å². The molecule has 10 heteroatoms. The summed E-state index contributed by atoms with van der Waals surface area (Å²) in [5.41, 5.74) is 1.04. The number of aromatic amines is 1. The largest absolute Gasteiger partial charge is 0.307 e. The predicted molar refractivity (Wildman–Crippen MR) is 107 cm³/mol. The van der Waals surface area contributed by atoms with Crippen molar-refractivity contribution in [2.45, 2.75) is 10.9 Å². The van der Waals surface area contributed by atoms with Crippen LogP contribution < -0.4 is 10.9 Å². The summed E-state index contributed by atoms with van der Waals surface area (Å²) in [4.78, 5) is 30.9. The third-order valence-corrected chi connectivity index (χ3v) is 5.87. The molecule has 0 radical (unpaired) electrons. The van der Waals surface area contributed by atoms with E-state index in [4.69, 9.17) is 35.4 Å². The van der Waals surface area contributed by atoms with E-state index < -0.39 is 0 Å². The van der Waals surface area contributed by atoms with Crippen LogP contribution in [0.2, 0.25) is 10.0 Å². The Morgan fingerprint density at radius 2 is 2.04 bits per heavy atom. The maximum absolute atomic E-state index is 11.8. The van der Waals surface area contributed by atoms with Crippen LogP contribution in [-0.4, -0.2) is 20.2 Å². The second kappa shape index (κ2) is 7.92. The van der Waals surface area contributed by atoms with E-state index in [0.717, 1.165) is 17.3 Å². The first-order valence-corrected chi connectivity index (χ1v) is 9.80. The Kier molecular flexibility index (Phi) is 5.85. The van der Waals surface area contributed by atoms with Crippen molar-refractivity contribution in [3.63, 3.8) is 0 Å². The van der Waals surface area contributed by atoms with Crippen LogP contribution in [0.5, 0.6) is 0 Å². The third-order valence-electron chi connectivity index (χ3n) is 3.02. The number of benzene rings is 1. The molecule has 2 aromatic rings. The Morgan fingerprint density at radius 1 is 1.24 bits per heavy atom. The number of amides is 1. The molecule has 1 aliphatic rings. The van der Waals surface area contributed by atoms with Gasteiger partial charge in [0, 0.05) is 11.8 Å². The van der Waals surface area contributed by atoms with Crippen molar-refractivity contribution in [1.82, 2.24) is 15.3 Å². The summed E-state index contributed by atoms with van der Waals surface area (Å²) in [5, 5.41) is 3.92. The highest BCUT2D eigenvalue weighted by atomic mass is 35.5. The molecule has 0 atom stereocenters. The molecule has 25 heavy (non-hydrogen) atoms. The Morgan fingerprint density at radius 3 is 2.72 bits per heavy atom. The van der Waals surface area contributed by atoms with Crippen molar-refractivity contribution in [2.75, 3.05) is 0 Å². The topological polar surface area (TPSA) is 74.8 Å². The molecule has 1 fully saturated rings. The van der Waals surface area contributed by atoms with Gasteiger partial charge in [0.25, 0.3) is 11.5 Å². The van der Waals surface area contributed by atoms with Gasteiger partial charge in [0.1, 0.15) is 4.32 Å². The van der Waals surface area contributed by atoms with Gasteiger partial charge in [-0.25, -0.2) is 4.98 Å². The van der Waals surface area contributed by atoms with Gasteiger partial charge in [-0.2, -0.15) is 0 Å². The monoisotopic (exact) mass is 429 g/mol. The van der Waals surface area contributed by atoms with Crippen LogP contribution in [0.15, 0.2) is 39.1 Å². The van der Waals surface area contributed by atoms with Crippen LogP contribution in [0, 0.1) is 0 Å². The first-order chi connectivity index (χ1) is 11.9. The normalized spacial score (nSPS) is 15.7. The molecule has 2 heterocycles. The molecule has 0 spiro atoms. The van der Waals surface area contributed by atoms with Crippen LogP contribution in [0.4, 0.5) is 0 Å². The Labute approximate surface area is 166 Å². The summed E-state index contributed by atoms with van der Waals surface area (Å²) in [5.74, 6) is 0.265. The predicted octanol–water partition coefficient (Wildman–Crippen LogP) is 3.86. The number of hydrogen-bond donors (Lipinski definition) is 2. The van der Waals surface area contributed by atoms with Gasteiger partial charge in [0.15, 0.2) is 5.16 Å². The van der Waals surface area contributed by atoms with Crippen molar-refractivity contribution in [3.8, 4) is 0 Å². The maximum Gasteiger partial charge on any atom is 0.263 e. The summed E-state index contributed by atoms with van der Waals surface area (Å²) in [6.45, 7) is 0. The number of thioether (sulfide) groups is 2. The molecule has 0 bridgehead atoms. The van der Waals surface area contributed by atoms with Gasteiger partial charge in [0.2, 0.25) is 0 Å². The standard InChI is InChI=1S/C15H9Cl2N3O2S3/c16-9-2-1-7(3-10(9)17)6-24-14-18-8(5-12(21)19-14)4-11-13(22)20-15(23)25-11/h1-5H,6H2,(H,18,19,21)(H,20,22,23). The van der Waals surface area contributed by atoms with Gasteiger partial charge in [-0.1, -0.05) is 65.0 Å². The van der Waals surface area contributed by atoms with E-state index in [2.05, 4.69) is 15.3 Å². The summed E-state index contributed by atoms with van der Waals surface area (Å²) < 4.78 is 0.385. The fourth-order valence-corrected chi connectivity index (χ4v) is 4.11. The molecule has 0 aliphatic carbocycles. The molecule has 1 saturated heterocycles. The Balaban J connectivity index is 1.78. The second-order valence-electron chi connectivity index (χ2n) is 4.86. The molecule has 128 valence electrons. The molecule has 0 saturated carbocycles. The zero-order valence-electron chi connectivity index (χ0n) is 12.3. The quantitative estimate of drug-likeness (QED) is 0.332. The van der Waals surface area contributed by atoms with Crippen molar-refractivity contribution < 1.29 is 4.79 Å². The van der Waals surface area contributed by atoms with Crippen LogP contribution in [0.25, 0.3) is 6.08 Å². The van der Waals surface area contributed by atoms with E-state index in [1.165, 1.54) is 23.9 Å². The summed E-state index contributed by atoms with van der Waals surface area (Å²) >= 11 is 19.3. The van der Waals surface area contributed by atoms with Gasteiger partial charge >= 0.3 is 0 Å². The maximum atomic E-state index is 11.8. The van der Waals surface area contributed by atoms with E-state index in [1.54, 1.807) is 12.1 Å². The first kappa shape index (κ1) is 18.5. The highest BCUT2D eigenvalue weighted by Crippen LogP contribution is 2.27. The molecule has 1 aliphatic heterocycles. The second-order valence-corrected chi connectivity index (χ2v) is 8.36. The van der Waals surface area contributed by atoms with Gasteiger partial charge in [0.05, 0.1) is 20.6 Å². The molecule has 2 N–H and O–H groups in total. The highest BCUT2D eigenvalue weighted by molar-refractivity contribution is 8.26. The van der Waals surface area contributed by atoms with Crippen LogP contribution in [-0.2, 0) is 10.5 Å². The number of rotatable bonds is 4. The molecule has 3 rings (SSSR count). The zero-order chi connectivity index (χ0) is 18.0. The fourth-order valence-electron chi connectivity index (χ4n) is 1.93. The van der Waals surface area contributed by atoms with Crippen molar-refractivity contribution in [2.24, 2.45) is 0 Å². The van der Waals surface area contributed by atoms with Crippen molar-refractivity contribution >= 4 is 75.2 Å². The van der Waals surface area contributed by atoms with E-state index >= 15 is 0 Å². The molecule has 0 unspecified atom stereocenters. The smallest absolute Gasteiger partial charge is 0.263 e. The lowest BCUT2D eigenvalue weighted by molar-refractivity contribution is -0.115. The molecular formula is C15H9Cl2N3O2S3. The number of hydrogen-bond acceptors (Lipinski definition) is 6. The highest BCUT2D eigenvalue weighted by Gasteiger charge is 2.22. The lowest BCUT2D eigenvalue weighted by atomic mass is 10.2. The summed E-state index contributed by atoms with van der Waals surface area (Å²) in [6, 6.07) is 6.66. The van der Waals surface area contributed by atoms with Crippen LogP contribution in [0.1, 0.15) is 11.3 Å². The molecular weight excluding hydrogens is 421 g/mol. The minimum Gasteiger partial charge on any atom is -0.307 e. The fraction of sp³-hybridized carbons (Fsp3) is 0.0667. The minimum atomic E-state index is -0.301. The number of aromatic nitrogens is 2. The molecule has 5 nitrogen and oxygen atoms in total. The van der Waals surface area contributed by atoms with E-state index in [9.17, 15) is 9.59 Å². The third kappa shape index (κ3) is 4.86. The van der Waals surface area contributed by atoms with Crippen LogP contribution >= 0.6 is 58.9 Å². The average Bonchev–Trinajstić information content (AvgIpc) is 2.85. The van der Waals surface area contributed by atoms with Gasteiger partial charge in [-0.05, 0) is 23.8 Å². The number of thiocarbonyl (C=S) groups is 1. The number of carbonyl (C=O) groups excluding carboxylic acids is 1. The number of nitrogens with zero attached hydrogens (tertiary/aromatic N) is 1. The average molecular weight is 430 g/mol. The lowest BCUT2D eigenvalue weighted by Crippen LogP contribution is -2.17. The number of nitrogens with one attached hydrogen (secondary N) is 2. The molecule has 1 amide bonds. The molecule has 1 aromatic heterocycles.